The Kier molecular flexibility index (Phi) is 5.92. The molecule has 0 bridgehead atoms. The molecule has 0 unspecified atom stereocenters. The fourth-order valence-corrected chi connectivity index (χ4v) is 1.82. The standard InChI is InChI=1S/C10H12O.C5H11N/c1-3-10(11)9-6-4-8(2)5-7-9;1-6-4-2-3-5-6/h4-7H,3H2,1-2H3;2-5H2,1H3. The van der Waals surface area contributed by atoms with Crippen LogP contribution in [0.1, 0.15) is 42.1 Å². The third kappa shape index (κ3) is 5.14. The summed E-state index contributed by atoms with van der Waals surface area (Å²) in [6.07, 6.45) is 3.41. The first-order valence-electron chi connectivity index (χ1n) is 6.42. The number of aryl methyl sites for hydroxylation is 1. The van der Waals surface area contributed by atoms with Gasteiger partial charge in [-0.05, 0) is 39.9 Å². The summed E-state index contributed by atoms with van der Waals surface area (Å²) in [5.74, 6) is 0.213. The Bertz CT molecular complexity index is 336. The molecular weight excluding hydrogens is 210 g/mol. The SMILES string of the molecule is CCC(=O)c1ccc(C)cc1.CN1CCCC1. The molecule has 0 spiro atoms. The maximum atomic E-state index is 11.1. The highest BCUT2D eigenvalue weighted by Gasteiger charge is 2.03. The van der Waals surface area contributed by atoms with Crippen LogP contribution in [0.3, 0.4) is 0 Å². The highest BCUT2D eigenvalue weighted by Crippen LogP contribution is 2.05. The number of nitrogens with zero attached hydrogens (tertiary/aromatic N) is 1. The van der Waals surface area contributed by atoms with Crippen LogP contribution >= 0.6 is 0 Å². The molecule has 1 fully saturated rings. The van der Waals surface area contributed by atoms with Crippen molar-refractivity contribution in [2.45, 2.75) is 33.1 Å². The second kappa shape index (κ2) is 7.23. The highest BCUT2D eigenvalue weighted by atomic mass is 16.1. The van der Waals surface area contributed by atoms with Crippen molar-refractivity contribution >= 4 is 5.78 Å². The molecule has 0 saturated carbocycles. The van der Waals surface area contributed by atoms with Crippen LogP contribution in [-0.4, -0.2) is 30.8 Å². The number of Topliss-reactive ketones (excluding diaryl/α,β-unsaturated/α-hetero) is 1. The Morgan fingerprint density at radius 1 is 1.18 bits per heavy atom. The molecule has 0 N–H and O–H groups in total. The Morgan fingerprint density at radius 2 is 1.71 bits per heavy atom. The van der Waals surface area contributed by atoms with Crippen LogP contribution in [0.25, 0.3) is 0 Å². The van der Waals surface area contributed by atoms with Gasteiger partial charge in [-0.25, -0.2) is 0 Å². The Labute approximate surface area is 105 Å². The van der Waals surface area contributed by atoms with E-state index in [4.69, 9.17) is 0 Å². The smallest absolute Gasteiger partial charge is 0.162 e. The summed E-state index contributed by atoms with van der Waals surface area (Å²) >= 11 is 0. The van der Waals surface area contributed by atoms with Crippen LogP contribution in [0.4, 0.5) is 0 Å². The number of likely N-dealkylation sites (tertiary alicyclic amines) is 1. The van der Waals surface area contributed by atoms with E-state index in [1.54, 1.807) is 0 Å². The molecule has 1 heterocycles. The quantitative estimate of drug-likeness (QED) is 0.730. The van der Waals surface area contributed by atoms with Crippen molar-refractivity contribution in [1.82, 2.24) is 4.90 Å². The normalized spacial score (nSPS) is 15.2. The van der Waals surface area contributed by atoms with Gasteiger partial charge in [-0.1, -0.05) is 36.8 Å². The lowest BCUT2D eigenvalue weighted by Gasteiger charge is -2.01. The van der Waals surface area contributed by atoms with Gasteiger partial charge in [0, 0.05) is 12.0 Å². The molecule has 0 atom stereocenters. The van der Waals surface area contributed by atoms with Crippen molar-refractivity contribution in [3.05, 3.63) is 35.4 Å². The van der Waals surface area contributed by atoms with E-state index in [0.29, 0.717) is 6.42 Å². The molecule has 1 aromatic carbocycles. The van der Waals surface area contributed by atoms with E-state index >= 15 is 0 Å². The number of rotatable bonds is 2. The molecule has 1 aliphatic rings. The highest BCUT2D eigenvalue weighted by molar-refractivity contribution is 5.95. The topological polar surface area (TPSA) is 20.3 Å². The molecule has 2 nitrogen and oxygen atoms in total. The van der Waals surface area contributed by atoms with Crippen LogP contribution in [0.5, 0.6) is 0 Å². The van der Waals surface area contributed by atoms with Gasteiger partial charge in [0.2, 0.25) is 0 Å². The molecule has 1 saturated heterocycles. The van der Waals surface area contributed by atoms with Crippen LogP contribution in [0.15, 0.2) is 24.3 Å². The Morgan fingerprint density at radius 3 is 2.06 bits per heavy atom. The molecule has 94 valence electrons. The van der Waals surface area contributed by atoms with Crippen molar-refractivity contribution in [3.8, 4) is 0 Å². The van der Waals surface area contributed by atoms with E-state index in [2.05, 4.69) is 11.9 Å². The summed E-state index contributed by atoms with van der Waals surface area (Å²) in [6.45, 7) is 6.53. The lowest BCUT2D eigenvalue weighted by atomic mass is 10.1. The van der Waals surface area contributed by atoms with Gasteiger partial charge in [0.1, 0.15) is 0 Å². The lowest BCUT2D eigenvalue weighted by Crippen LogP contribution is -2.10. The number of hydrogen-bond donors (Lipinski definition) is 0. The van der Waals surface area contributed by atoms with E-state index < -0.39 is 0 Å². The van der Waals surface area contributed by atoms with Gasteiger partial charge in [0.15, 0.2) is 5.78 Å². The van der Waals surface area contributed by atoms with E-state index in [1.165, 1.54) is 31.5 Å². The summed E-state index contributed by atoms with van der Waals surface area (Å²) in [5.41, 5.74) is 2.01. The second-order valence-electron chi connectivity index (χ2n) is 4.65. The van der Waals surface area contributed by atoms with Crippen LogP contribution < -0.4 is 0 Å². The number of carbonyl (C=O) groups is 1. The minimum atomic E-state index is 0.213. The second-order valence-corrected chi connectivity index (χ2v) is 4.65. The van der Waals surface area contributed by atoms with E-state index in [9.17, 15) is 4.79 Å². The fourth-order valence-electron chi connectivity index (χ4n) is 1.82. The summed E-state index contributed by atoms with van der Waals surface area (Å²) in [4.78, 5) is 13.5. The lowest BCUT2D eigenvalue weighted by molar-refractivity contribution is 0.0988. The maximum absolute atomic E-state index is 11.1. The predicted octanol–water partition coefficient (Wildman–Crippen LogP) is 3.30. The third-order valence-electron chi connectivity index (χ3n) is 3.02. The summed E-state index contributed by atoms with van der Waals surface area (Å²) in [7, 11) is 2.17. The van der Waals surface area contributed by atoms with Crippen molar-refractivity contribution < 1.29 is 4.79 Å². The van der Waals surface area contributed by atoms with Gasteiger partial charge in [-0.15, -0.1) is 0 Å². The first-order valence-corrected chi connectivity index (χ1v) is 6.42. The van der Waals surface area contributed by atoms with E-state index in [0.717, 1.165) is 5.56 Å². The number of hydrogen-bond acceptors (Lipinski definition) is 2. The summed E-state index contributed by atoms with van der Waals surface area (Å²) in [6, 6.07) is 7.67. The monoisotopic (exact) mass is 233 g/mol. The number of ketones is 1. The van der Waals surface area contributed by atoms with E-state index in [1.807, 2.05) is 38.1 Å². The van der Waals surface area contributed by atoms with Crippen molar-refractivity contribution in [2.75, 3.05) is 20.1 Å². The predicted molar refractivity (Wildman–Crippen MR) is 72.5 cm³/mol. The molecule has 2 heteroatoms. The number of benzene rings is 1. The maximum Gasteiger partial charge on any atom is 0.162 e. The van der Waals surface area contributed by atoms with Gasteiger partial charge >= 0.3 is 0 Å². The van der Waals surface area contributed by atoms with Crippen LogP contribution in [-0.2, 0) is 0 Å². The summed E-state index contributed by atoms with van der Waals surface area (Å²) in [5, 5.41) is 0. The van der Waals surface area contributed by atoms with Crippen LogP contribution in [0.2, 0.25) is 0 Å². The zero-order valence-corrected chi connectivity index (χ0v) is 11.2. The largest absolute Gasteiger partial charge is 0.306 e. The minimum Gasteiger partial charge on any atom is -0.306 e. The van der Waals surface area contributed by atoms with E-state index in [-0.39, 0.29) is 5.78 Å². The molecule has 2 rings (SSSR count). The van der Waals surface area contributed by atoms with Gasteiger partial charge in [-0.3, -0.25) is 4.79 Å². The number of carbonyl (C=O) groups excluding carboxylic acids is 1. The first-order chi connectivity index (χ1) is 8.13. The molecule has 17 heavy (non-hydrogen) atoms. The zero-order chi connectivity index (χ0) is 12.7. The average molecular weight is 233 g/mol. The van der Waals surface area contributed by atoms with Crippen molar-refractivity contribution in [3.63, 3.8) is 0 Å². The zero-order valence-electron chi connectivity index (χ0n) is 11.2. The Balaban J connectivity index is 0.000000202. The minimum absolute atomic E-state index is 0.213. The van der Waals surface area contributed by atoms with Crippen LogP contribution in [0, 0.1) is 6.92 Å². The molecule has 1 aromatic rings. The van der Waals surface area contributed by atoms with Gasteiger partial charge in [-0.2, -0.15) is 0 Å². The fraction of sp³-hybridized carbons (Fsp3) is 0.533. The van der Waals surface area contributed by atoms with Gasteiger partial charge in [0.05, 0.1) is 0 Å². The molecule has 0 aromatic heterocycles. The Hall–Kier alpha value is -1.15. The average Bonchev–Trinajstić information content (AvgIpc) is 2.81. The van der Waals surface area contributed by atoms with Crippen molar-refractivity contribution in [1.29, 1.82) is 0 Å². The summed E-state index contributed by atoms with van der Waals surface area (Å²) < 4.78 is 0. The molecule has 0 amide bonds. The first kappa shape index (κ1) is 13.9. The van der Waals surface area contributed by atoms with Crippen molar-refractivity contribution in [2.24, 2.45) is 0 Å². The molecule has 0 radical (unpaired) electrons. The third-order valence-corrected chi connectivity index (χ3v) is 3.02. The molecule has 0 aliphatic carbocycles. The van der Waals surface area contributed by atoms with Gasteiger partial charge < -0.3 is 4.90 Å². The van der Waals surface area contributed by atoms with Gasteiger partial charge in [0.25, 0.3) is 0 Å². The molecule has 1 aliphatic heterocycles. The molecular formula is C15H23NO.